The van der Waals surface area contributed by atoms with E-state index in [-0.39, 0.29) is 12.0 Å². The molecule has 6 nitrogen and oxygen atoms in total. The smallest absolute Gasteiger partial charge is 0.409 e. The summed E-state index contributed by atoms with van der Waals surface area (Å²) in [6.07, 6.45) is 2.94. The number of hydrogen-bond donors (Lipinski definition) is 1. The molecule has 1 amide bonds. The van der Waals surface area contributed by atoms with Gasteiger partial charge in [-0.15, -0.1) is 0 Å². The lowest BCUT2D eigenvalue weighted by atomic mass is 9.84. The number of oxime groups is 1. The maximum atomic E-state index is 12.2. The number of nitrogens with two attached hydrogens (primary N) is 1. The van der Waals surface area contributed by atoms with Crippen molar-refractivity contribution in [3.8, 4) is 11.1 Å². The molecule has 0 aliphatic carbocycles. The first kappa shape index (κ1) is 25.0. The third-order valence-electron chi connectivity index (χ3n) is 6.39. The van der Waals surface area contributed by atoms with Gasteiger partial charge in [-0.25, -0.2) is 4.79 Å². The summed E-state index contributed by atoms with van der Waals surface area (Å²) in [7, 11) is 0. The highest BCUT2D eigenvalue weighted by atomic mass is 16.6. The van der Waals surface area contributed by atoms with Crippen LogP contribution in [-0.4, -0.2) is 36.4 Å². The molecule has 3 aromatic carbocycles. The third kappa shape index (κ3) is 6.33. The Balaban J connectivity index is 1.60. The van der Waals surface area contributed by atoms with E-state index >= 15 is 0 Å². The Morgan fingerprint density at radius 2 is 1.64 bits per heavy atom. The molecule has 0 unspecified atom stereocenters. The zero-order valence-electron chi connectivity index (χ0n) is 20.7. The quantitative estimate of drug-likeness (QED) is 0.316. The summed E-state index contributed by atoms with van der Waals surface area (Å²) in [5.74, 6) is 0.153. The van der Waals surface area contributed by atoms with E-state index in [0.717, 1.165) is 46.4 Å². The second-order valence-electron chi connectivity index (χ2n) is 8.73. The van der Waals surface area contributed by atoms with Crippen molar-refractivity contribution in [2.75, 3.05) is 19.7 Å². The molecule has 186 valence electrons. The maximum Gasteiger partial charge on any atom is 0.409 e. The van der Waals surface area contributed by atoms with E-state index in [0.29, 0.717) is 26.3 Å². The van der Waals surface area contributed by atoms with Crippen LogP contribution >= 0.6 is 0 Å². The predicted molar refractivity (Wildman–Crippen MR) is 143 cm³/mol. The summed E-state index contributed by atoms with van der Waals surface area (Å²) in [5.41, 5.74) is 12.1. The van der Waals surface area contributed by atoms with E-state index in [9.17, 15) is 4.79 Å². The first-order chi connectivity index (χ1) is 17.7. The van der Waals surface area contributed by atoms with E-state index in [4.69, 9.17) is 15.3 Å². The fraction of sp³-hybridized carbons (Fsp3) is 0.267. The Bertz CT molecular complexity index is 1180. The van der Waals surface area contributed by atoms with Crippen LogP contribution in [0.4, 0.5) is 4.79 Å². The SMILES string of the molecule is CCOC(=O)N1CCC(C(=CN)C(=NOCc2ccccc2)c2cccc(-c3ccccc3)c2)CC1. The number of allylic oxidation sites excluding steroid dienone is 1. The van der Waals surface area contributed by atoms with Gasteiger partial charge >= 0.3 is 6.09 Å². The van der Waals surface area contributed by atoms with E-state index in [2.05, 4.69) is 29.4 Å². The van der Waals surface area contributed by atoms with Gasteiger partial charge in [-0.05, 0) is 54.6 Å². The van der Waals surface area contributed by atoms with E-state index < -0.39 is 0 Å². The minimum atomic E-state index is -0.259. The van der Waals surface area contributed by atoms with Crippen molar-refractivity contribution in [2.45, 2.75) is 26.4 Å². The molecule has 0 atom stereocenters. The standard InChI is InChI=1S/C30H33N3O3/c1-2-35-30(34)33-18-16-25(17-19-33)28(21-31)29(32-36-22-23-10-5-3-6-11-23)27-15-9-14-26(20-27)24-12-7-4-8-13-24/h3-15,20-21,25H,2,16-19,22,31H2,1H3. The molecular weight excluding hydrogens is 450 g/mol. The average Bonchev–Trinajstić information content (AvgIpc) is 2.94. The van der Waals surface area contributed by atoms with Crippen LogP contribution in [0, 0.1) is 5.92 Å². The Morgan fingerprint density at radius 3 is 2.31 bits per heavy atom. The Kier molecular flexibility index (Phi) is 8.76. The van der Waals surface area contributed by atoms with Crippen molar-refractivity contribution >= 4 is 11.8 Å². The maximum absolute atomic E-state index is 12.2. The largest absolute Gasteiger partial charge is 0.450 e. The summed E-state index contributed by atoms with van der Waals surface area (Å²) >= 11 is 0. The second kappa shape index (κ2) is 12.6. The molecule has 1 fully saturated rings. The Labute approximate surface area is 213 Å². The normalized spacial score (nSPS) is 15.0. The number of likely N-dealkylation sites (tertiary alicyclic amines) is 1. The van der Waals surface area contributed by atoms with Gasteiger partial charge in [0.25, 0.3) is 0 Å². The molecule has 0 spiro atoms. The average molecular weight is 484 g/mol. The van der Waals surface area contributed by atoms with Crippen molar-refractivity contribution in [3.05, 3.63) is 108 Å². The minimum Gasteiger partial charge on any atom is -0.450 e. The number of piperidine rings is 1. The van der Waals surface area contributed by atoms with Gasteiger partial charge < -0.3 is 20.2 Å². The molecule has 1 aliphatic rings. The molecule has 1 heterocycles. The van der Waals surface area contributed by atoms with Crippen molar-refractivity contribution in [1.82, 2.24) is 4.90 Å². The fourth-order valence-electron chi connectivity index (χ4n) is 4.49. The summed E-state index contributed by atoms with van der Waals surface area (Å²) in [5, 5.41) is 4.62. The zero-order chi connectivity index (χ0) is 25.2. The monoisotopic (exact) mass is 483 g/mol. The third-order valence-corrected chi connectivity index (χ3v) is 6.39. The van der Waals surface area contributed by atoms with Gasteiger partial charge in [-0.2, -0.15) is 0 Å². The molecule has 1 aliphatic heterocycles. The number of nitrogens with zero attached hydrogens (tertiary/aromatic N) is 2. The summed E-state index contributed by atoms with van der Waals surface area (Å²) < 4.78 is 5.17. The van der Waals surface area contributed by atoms with Gasteiger partial charge in [0.15, 0.2) is 0 Å². The van der Waals surface area contributed by atoms with Crippen LogP contribution in [0.25, 0.3) is 11.1 Å². The lowest BCUT2D eigenvalue weighted by molar-refractivity contribution is 0.0947. The first-order valence-corrected chi connectivity index (χ1v) is 12.4. The van der Waals surface area contributed by atoms with Crippen LogP contribution in [-0.2, 0) is 16.2 Å². The molecule has 0 bridgehead atoms. The van der Waals surface area contributed by atoms with Crippen molar-refractivity contribution < 1.29 is 14.4 Å². The number of benzene rings is 3. The number of ether oxygens (including phenoxy) is 1. The summed E-state index contributed by atoms with van der Waals surface area (Å²) in [6.45, 7) is 3.79. The number of amides is 1. The van der Waals surface area contributed by atoms with Crippen LogP contribution in [0.2, 0.25) is 0 Å². The molecule has 36 heavy (non-hydrogen) atoms. The van der Waals surface area contributed by atoms with Crippen LogP contribution in [0.5, 0.6) is 0 Å². The van der Waals surface area contributed by atoms with Gasteiger partial charge in [0.1, 0.15) is 12.3 Å². The topological polar surface area (TPSA) is 77.2 Å². The first-order valence-electron chi connectivity index (χ1n) is 12.4. The van der Waals surface area contributed by atoms with Gasteiger partial charge in [-0.1, -0.05) is 84.0 Å². The molecular formula is C30H33N3O3. The highest BCUT2D eigenvalue weighted by Gasteiger charge is 2.28. The number of carbonyl (C=O) groups excluding carboxylic acids is 1. The zero-order valence-corrected chi connectivity index (χ0v) is 20.7. The molecule has 3 aromatic rings. The molecule has 0 aromatic heterocycles. The van der Waals surface area contributed by atoms with Gasteiger partial charge in [0, 0.05) is 24.2 Å². The second-order valence-corrected chi connectivity index (χ2v) is 8.73. The minimum absolute atomic E-state index is 0.153. The highest BCUT2D eigenvalue weighted by molar-refractivity contribution is 6.13. The lowest BCUT2D eigenvalue weighted by Gasteiger charge is -2.32. The van der Waals surface area contributed by atoms with Crippen LogP contribution in [0.15, 0.2) is 102 Å². The van der Waals surface area contributed by atoms with E-state index in [1.54, 1.807) is 11.1 Å². The summed E-state index contributed by atoms with van der Waals surface area (Å²) in [4.78, 5) is 19.8. The Hall–Kier alpha value is -4.06. The van der Waals surface area contributed by atoms with Crippen LogP contribution < -0.4 is 5.73 Å². The summed E-state index contributed by atoms with van der Waals surface area (Å²) in [6, 6.07) is 28.5. The van der Waals surface area contributed by atoms with E-state index in [1.807, 2.05) is 67.6 Å². The van der Waals surface area contributed by atoms with Crippen molar-refractivity contribution in [2.24, 2.45) is 16.8 Å². The number of hydrogen-bond acceptors (Lipinski definition) is 5. The van der Waals surface area contributed by atoms with Gasteiger partial charge in [-0.3, -0.25) is 0 Å². The number of carbonyl (C=O) groups is 1. The highest BCUT2D eigenvalue weighted by Crippen LogP contribution is 2.29. The Morgan fingerprint density at radius 1 is 0.972 bits per heavy atom. The van der Waals surface area contributed by atoms with Crippen molar-refractivity contribution in [3.63, 3.8) is 0 Å². The molecule has 2 N–H and O–H groups in total. The molecule has 4 rings (SSSR count). The van der Waals surface area contributed by atoms with Crippen LogP contribution in [0.1, 0.15) is 30.9 Å². The fourth-order valence-corrected chi connectivity index (χ4v) is 4.49. The van der Waals surface area contributed by atoms with E-state index in [1.165, 1.54) is 0 Å². The number of rotatable bonds is 8. The lowest BCUT2D eigenvalue weighted by Crippen LogP contribution is -2.40. The molecule has 6 heteroatoms. The van der Waals surface area contributed by atoms with Gasteiger partial charge in [0.05, 0.1) is 6.61 Å². The predicted octanol–water partition coefficient (Wildman–Crippen LogP) is 5.99. The van der Waals surface area contributed by atoms with Crippen LogP contribution in [0.3, 0.4) is 0 Å². The molecule has 0 radical (unpaired) electrons. The molecule has 1 saturated heterocycles. The van der Waals surface area contributed by atoms with Gasteiger partial charge in [0.2, 0.25) is 0 Å². The van der Waals surface area contributed by atoms with Crippen molar-refractivity contribution in [1.29, 1.82) is 0 Å². The molecule has 0 saturated carbocycles.